The molecule has 1 atom stereocenters. The first-order valence-corrected chi connectivity index (χ1v) is 4.92. The van der Waals surface area contributed by atoms with Gasteiger partial charge in [-0.05, 0) is 25.0 Å². The van der Waals surface area contributed by atoms with E-state index in [2.05, 4.69) is 13.8 Å². The summed E-state index contributed by atoms with van der Waals surface area (Å²) in [5, 5.41) is 10.4. The number of non-ortho nitro benzene ring substituents is 1. The molecule has 0 N–H and O–H groups in total. The fraction of sp³-hybridized carbons (Fsp3) is 0.455. The molecule has 0 aromatic heterocycles. The van der Waals surface area contributed by atoms with Gasteiger partial charge in [-0.2, -0.15) is 0 Å². The maximum absolute atomic E-state index is 10.4. The largest absolute Gasteiger partial charge is 0.490 e. The molecule has 0 aliphatic rings. The molecule has 4 nitrogen and oxygen atoms in total. The molecular formula is C11H15NO3. The van der Waals surface area contributed by atoms with Crippen LogP contribution in [0.25, 0.3) is 0 Å². The quantitative estimate of drug-likeness (QED) is 0.565. The Morgan fingerprint density at radius 3 is 2.13 bits per heavy atom. The second kappa shape index (κ2) is 4.77. The van der Waals surface area contributed by atoms with Gasteiger partial charge in [0.1, 0.15) is 5.75 Å². The predicted molar refractivity (Wildman–Crippen MR) is 58.0 cm³/mol. The molecule has 0 spiro atoms. The molecule has 0 amide bonds. The van der Waals surface area contributed by atoms with Crippen molar-refractivity contribution in [3.63, 3.8) is 0 Å². The van der Waals surface area contributed by atoms with E-state index in [1.165, 1.54) is 12.1 Å². The molecule has 0 saturated carbocycles. The van der Waals surface area contributed by atoms with Gasteiger partial charge in [0.25, 0.3) is 5.69 Å². The van der Waals surface area contributed by atoms with Gasteiger partial charge >= 0.3 is 0 Å². The molecule has 0 radical (unpaired) electrons. The van der Waals surface area contributed by atoms with Crippen LogP contribution in [0.1, 0.15) is 20.8 Å². The second-order valence-electron chi connectivity index (χ2n) is 3.82. The summed E-state index contributed by atoms with van der Waals surface area (Å²) < 4.78 is 5.59. The van der Waals surface area contributed by atoms with Crippen molar-refractivity contribution in [3.05, 3.63) is 34.4 Å². The molecule has 4 heteroatoms. The Morgan fingerprint density at radius 2 is 1.73 bits per heavy atom. The lowest BCUT2D eigenvalue weighted by atomic mass is 10.1. The smallest absolute Gasteiger partial charge is 0.269 e. The molecule has 0 saturated heterocycles. The van der Waals surface area contributed by atoms with Crippen molar-refractivity contribution in [3.8, 4) is 5.75 Å². The van der Waals surface area contributed by atoms with E-state index in [1.54, 1.807) is 12.1 Å². The lowest BCUT2D eigenvalue weighted by molar-refractivity contribution is -0.384. The zero-order chi connectivity index (χ0) is 11.4. The Labute approximate surface area is 89.0 Å². The molecule has 0 heterocycles. The van der Waals surface area contributed by atoms with Crippen molar-refractivity contribution in [2.24, 2.45) is 5.92 Å². The van der Waals surface area contributed by atoms with E-state index in [0.717, 1.165) is 0 Å². The van der Waals surface area contributed by atoms with Crippen LogP contribution in [-0.4, -0.2) is 11.0 Å². The van der Waals surface area contributed by atoms with Crippen molar-refractivity contribution in [2.75, 3.05) is 0 Å². The average molecular weight is 209 g/mol. The fourth-order valence-electron chi connectivity index (χ4n) is 0.997. The summed E-state index contributed by atoms with van der Waals surface area (Å²) in [5.74, 6) is 1.09. The van der Waals surface area contributed by atoms with E-state index in [0.29, 0.717) is 11.7 Å². The molecule has 0 fully saturated rings. The van der Waals surface area contributed by atoms with E-state index in [4.69, 9.17) is 4.74 Å². The first-order chi connectivity index (χ1) is 7.00. The van der Waals surface area contributed by atoms with Gasteiger partial charge in [-0.3, -0.25) is 10.1 Å². The number of rotatable bonds is 4. The molecule has 0 aliphatic heterocycles. The Hall–Kier alpha value is -1.58. The van der Waals surface area contributed by atoms with Crippen LogP contribution >= 0.6 is 0 Å². The van der Waals surface area contributed by atoms with Gasteiger partial charge in [-0.15, -0.1) is 0 Å². The number of hydrogen-bond donors (Lipinski definition) is 0. The molecule has 1 unspecified atom stereocenters. The van der Waals surface area contributed by atoms with Gasteiger partial charge in [0.05, 0.1) is 11.0 Å². The van der Waals surface area contributed by atoms with Gasteiger partial charge in [0, 0.05) is 12.1 Å². The van der Waals surface area contributed by atoms with Crippen LogP contribution in [-0.2, 0) is 0 Å². The standard InChI is InChI=1S/C11H15NO3/c1-8(2)9(3)15-11-6-4-10(5-7-11)12(13)14/h4-9H,1-3H3. The summed E-state index contributed by atoms with van der Waals surface area (Å²) in [6.07, 6.45) is 0.103. The maximum Gasteiger partial charge on any atom is 0.269 e. The number of hydrogen-bond acceptors (Lipinski definition) is 3. The Kier molecular flexibility index (Phi) is 3.66. The third kappa shape index (κ3) is 3.23. The summed E-state index contributed by atoms with van der Waals surface area (Å²) >= 11 is 0. The van der Waals surface area contributed by atoms with Crippen molar-refractivity contribution in [1.29, 1.82) is 0 Å². The molecule has 1 rings (SSSR count). The maximum atomic E-state index is 10.4. The molecule has 0 bridgehead atoms. The highest BCUT2D eigenvalue weighted by Crippen LogP contribution is 2.19. The van der Waals surface area contributed by atoms with Gasteiger partial charge in [-0.25, -0.2) is 0 Å². The number of nitro groups is 1. The average Bonchev–Trinajstić information content (AvgIpc) is 2.18. The molecule has 1 aromatic rings. The zero-order valence-corrected chi connectivity index (χ0v) is 9.14. The monoisotopic (exact) mass is 209 g/mol. The van der Waals surface area contributed by atoms with E-state index in [9.17, 15) is 10.1 Å². The highest BCUT2D eigenvalue weighted by molar-refractivity contribution is 5.36. The van der Waals surface area contributed by atoms with Crippen LogP contribution in [0.4, 0.5) is 5.69 Å². The molecule has 82 valence electrons. The van der Waals surface area contributed by atoms with E-state index in [1.807, 2.05) is 6.92 Å². The Morgan fingerprint density at radius 1 is 1.20 bits per heavy atom. The number of nitrogens with zero attached hydrogens (tertiary/aromatic N) is 1. The highest BCUT2D eigenvalue weighted by Gasteiger charge is 2.10. The summed E-state index contributed by atoms with van der Waals surface area (Å²) in [6.45, 7) is 6.11. The van der Waals surface area contributed by atoms with E-state index >= 15 is 0 Å². The molecular weight excluding hydrogens is 194 g/mol. The summed E-state index contributed by atoms with van der Waals surface area (Å²) in [5.41, 5.74) is 0.0829. The van der Waals surface area contributed by atoms with E-state index in [-0.39, 0.29) is 11.8 Å². The first kappa shape index (κ1) is 11.5. The summed E-state index contributed by atoms with van der Waals surface area (Å²) in [4.78, 5) is 9.99. The van der Waals surface area contributed by atoms with Crippen LogP contribution < -0.4 is 4.74 Å². The van der Waals surface area contributed by atoms with Gasteiger partial charge in [0.15, 0.2) is 0 Å². The Balaban J connectivity index is 2.68. The minimum Gasteiger partial charge on any atom is -0.490 e. The van der Waals surface area contributed by atoms with Gasteiger partial charge in [0.2, 0.25) is 0 Å². The highest BCUT2D eigenvalue weighted by atomic mass is 16.6. The van der Waals surface area contributed by atoms with E-state index < -0.39 is 4.92 Å². The number of benzene rings is 1. The third-order valence-electron chi connectivity index (χ3n) is 2.31. The fourth-order valence-corrected chi connectivity index (χ4v) is 0.997. The van der Waals surface area contributed by atoms with Gasteiger partial charge < -0.3 is 4.74 Å². The normalized spacial score (nSPS) is 12.5. The predicted octanol–water partition coefficient (Wildman–Crippen LogP) is 3.02. The zero-order valence-electron chi connectivity index (χ0n) is 9.14. The Bertz CT molecular complexity index is 332. The van der Waals surface area contributed by atoms with Crippen LogP contribution in [0.2, 0.25) is 0 Å². The number of ether oxygens (including phenoxy) is 1. The topological polar surface area (TPSA) is 52.4 Å². The molecule has 15 heavy (non-hydrogen) atoms. The van der Waals surface area contributed by atoms with Crippen molar-refractivity contribution in [2.45, 2.75) is 26.9 Å². The van der Waals surface area contributed by atoms with Crippen molar-refractivity contribution < 1.29 is 9.66 Å². The van der Waals surface area contributed by atoms with Gasteiger partial charge in [-0.1, -0.05) is 13.8 Å². The third-order valence-corrected chi connectivity index (χ3v) is 2.31. The lowest BCUT2D eigenvalue weighted by Gasteiger charge is -2.17. The SMILES string of the molecule is CC(C)C(C)Oc1ccc([N+](=O)[O-])cc1. The van der Waals surface area contributed by atoms with Crippen LogP contribution in [0.15, 0.2) is 24.3 Å². The minimum atomic E-state index is -0.421. The molecule has 0 aliphatic carbocycles. The lowest BCUT2D eigenvalue weighted by Crippen LogP contribution is -2.18. The molecule has 1 aromatic carbocycles. The van der Waals surface area contributed by atoms with Crippen LogP contribution in [0, 0.1) is 16.0 Å². The van der Waals surface area contributed by atoms with Crippen LogP contribution in [0.5, 0.6) is 5.75 Å². The summed E-state index contributed by atoms with van der Waals surface area (Å²) in [6, 6.07) is 6.14. The number of nitro benzene ring substituents is 1. The van der Waals surface area contributed by atoms with Crippen molar-refractivity contribution in [1.82, 2.24) is 0 Å². The second-order valence-corrected chi connectivity index (χ2v) is 3.82. The van der Waals surface area contributed by atoms with Crippen molar-refractivity contribution >= 4 is 5.69 Å². The minimum absolute atomic E-state index is 0.0829. The summed E-state index contributed by atoms with van der Waals surface area (Å²) in [7, 11) is 0. The van der Waals surface area contributed by atoms with Crippen LogP contribution in [0.3, 0.4) is 0 Å². The first-order valence-electron chi connectivity index (χ1n) is 4.92.